The van der Waals surface area contributed by atoms with E-state index in [9.17, 15) is 4.79 Å². The van der Waals surface area contributed by atoms with Gasteiger partial charge in [0.1, 0.15) is 5.54 Å². The molecule has 0 aromatic rings. The Morgan fingerprint density at radius 1 is 1.62 bits per heavy atom. The summed E-state index contributed by atoms with van der Waals surface area (Å²) in [6, 6.07) is 0. The summed E-state index contributed by atoms with van der Waals surface area (Å²) in [7, 11) is 0. The third-order valence-electron chi connectivity index (χ3n) is 3.40. The van der Waals surface area contributed by atoms with E-state index in [-0.39, 0.29) is 0 Å². The van der Waals surface area contributed by atoms with Gasteiger partial charge >= 0.3 is 5.97 Å². The highest BCUT2D eigenvalue weighted by Crippen LogP contribution is 2.17. The van der Waals surface area contributed by atoms with Gasteiger partial charge in [-0.1, -0.05) is 6.92 Å². The van der Waals surface area contributed by atoms with Crippen LogP contribution in [0.5, 0.6) is 0 Å². The van der Waals surface area contributed by atoms with E-state index in [1.165, 1.54) is 12.8 Å². The van der Waals surface area contributed by atoms with Gasteiger partial charge in [-0.05, 0) is 51.6 Å². The molecule has 0 bridgehead atoms. The molecule has 0 radical (unpaired) electrons. The van der Waals surface area contributed by atoms with Crippen LogP contribution in [0.1, 0.15) is 39.5 Å². The third-order valence-corrected chi connectivity index (χ3v) is 3.40. The molecule has 1 aliphatic rings. The van der Waals surface area contributed by atoms with Crippen molar-refractivity contribution in [2.45, 2.75) is 45.1 Å². The smallest absolute Gasteiger partial charge is 0.323 e. The Kier molecular flexibility index (Phi) is 4.74. The summed E-state index contributed by atoms with van der Waals surface area (Å²) in [5.74, 6) is -0.128. The molecule has 0 aromatic heterocycles. The normalized spacial score (nSPS) is 26.3. The Hall–Kier alpha value is -0.610. The molecular formula is C12H24N2O2. The molecule has 4 nitrogen and oxygen atoms in total. The second kappa shape index (κ2) is 5.64. The van der Waals surface area contributed by atoms with Crippen LogP contribution < -0.4 is 5.73 Å². The number of piperidine rings is 1. The van der Waals surface area contributed by atoms with Crippen LogP contribution in [0.3, 0.4) is 0 Å². The van der Waals surface area contributed by atoms with Crippen molar-refractivity contribution in [1.82, 2.24) is 4.90 Å². The number of rotatable bonds is 5. The van der Waals surface area contributed by atoms with Gasteiger partial charge in [0, 0.05) is 6.54 Å². The molecule has 0 saturated carbocycles. The predicted octanol–water partition coefficient (Wildman–Crippen LogP) is 1.30. The minimum absolute atomic E-state index is 0.549. The Bertz CT molecular complexity index is 241. The lowest BCUT2D eigenvalue weighted by molar-refractivity contribution is -0.143. The van der Waals surface area contributed by atoms with Gasteiger partial charge in [-0.25, -0.2) is 0 Å². The number of carboxylic acid groups (broad SMARTS) is 1. The van der Waals surface area contributed by atoms with Gasteiger partial charge in [-0.3, -0.25) is 4.79 Å². The summed E-state index contributed by atoms with van der Waals surface area (Å²) in [5.41, 5.74) is 4.62. The highest BCUT2D eigenvalue weighted by atomic mass is 16.4. The van der Waals surface area contributed by atoms with Crippen LogP contribution in [-0.2, 0) is 4.79 Å². The first-order valence-corrected chi connectivity index (χ1v) is 6.16. The number of hydrogen-bond donors (Lipinski definition) is 2. The number of aliphatic carboxylic acids is 1. The SMILES string of the molecule is CC1CCCN(CCCC(C)(N)C(=O)O)C1. The number of carboxylic acids is 1. The molecule has 0 aromatic carbocycles. The zero-order valence-electron chi connectivity index (χ0n) is 10.4. The van der Waals surface area contributed by atoms with Crippen LogP contribution in [0.15, 0.2) is 0 Å². The van der Waals surface area contributed by atoms with Crippen LogP contribution in [0.2, 0.25) is 0 Å². The fourth-order valence-corrected chi connectivity index (χ4v) is 2.27. The Morgan fingerprint density at radius 3 is 2.88 bits per heavy atom. The fraction of sp³-hybridized carbons (Fsp3) is 0.917. The molecule has 0 amide bonds. The summed E-state index contributed by atoms with van der Waals surface area (Å²) < 4.78 is 0. The summed E-state index contributed by atoms with van der Waals surface area (Å²) in [6.45, 7) is 7.14. The van der Waals surface area contributed by atoms with E-state index in [1.54, 1.807) is 6.92 Å². The minimum atomic E-state index is -1.07. The number of nitrogens with zero attached hydrogens (tertiary/aromatic N) is 1. The van der Waals surface area contributed by atoms with Crippen LogP contribution in [0, 0.1) is 5.92 Å². The molecule has 1 saturated heterocycles. The minimum Gasteiger partial charge on any atom is -0.480 e. The Labute approximate surface area is 97.8 Å². The second-order valence-electron chi connectivity index (χ2n) is 5.37. The molecule has 4 heteroatoms. The summed E-state index contributed by atoms with van der Waals surface area (Å²) in [6.07, 6.45) is 4.00. The van der Waals surface area contributed by atoms with Crippen LogP contribution in [-0.4, -0.2) is 41.1 Å². The van der Waals surface area contributed by atoms with Crippen molar-refractivity contribution in [3.05, 3.63) is 0 Å². The van der Waals surface area contributed by atoms with E-state index in [0.717, 1.165) is 32.0 Å². The van der Waals surface area contributed by atoms with E-state index in [4.69, 9.17) is 10.8 Å². The van der Waals surface area contributed by atoms with Crippen molar-refractivity contribution in [3.63, 3.8) is 0 Å². The van der Waals surface area contributed by atoms with Crippen LogP contribution >= 0.6 is 0 Å². The highest BCUT2D eigenvalue weighted by molar-refractivity contribution is 5.77. The topological polar surface area (TPSA) is 66.6 Å². The van der Waals surface area contributed by atoms with Crippen molar-refractivity contribution in [2.24, 2.45) is 11.7 Å². The molecule has 16 heavy (non-hydrogen) atoms. The van der Waals surface area contributed by atoms with Crippen molar-refractivity contribution in [2.75, 3.05) is 19.6 Å². The Balaban J connectivity index is 2.22. The fourth-order valence-electron chi connectivity index (χ4n) is 2.27. The van der Waals surface area contributed by atoms with Gasteiger partial charge in [-0.2, -0.15) is 0 Å². The van der Waals surface area contributed by atoms with Gasteiger partial charge < -0.3 is 15.7 Å². The first-order valence-electron chi connectivity index (χ1n) is 6.16. The lowest BCUT2D eigenvalue weighted by atomic mass is 9.96. The lowest BCUT2D eigenvalue weighted by Gasteiger charge is -2.31. The molecule has 1 rings (SSSR count). The number of hydrogen-bond acceptors (Lipinski definition) is 3. The third kappa shape index (κ3) is 4.10. The van der Waals surface area contributed by atoms with Gasteiger partial charge in [-0.15, -0.1) is 0 Å². The molecule has 0 spiro atoms. The molecule has 1 aliphatic heterocycles. The molecule has 2 atom stereocenters. The lowest BCUT2D eigenvalue weighted by Crippen LogP contribution is -2.45. The van der Waals surface area contributed by atoms with Crippen molar-refractivity contribution >= 4 is 5.97 Å². The molecule has 3 N–H and O–H groups in total. The summed E-state index contributed by atoms with van der Waals surface area (Å²) in [5, 5.41) is 8.88. The van der Waals surface area contributed by atoms with Crippen molar-refractivity contribution < 1.29 is 9.90 Å². The van der Waals surface area contributed by atoms with Gasteiger partial charge in [0.05, 0.1) is 0 Å². The first-order chi connectivity index (χ1) is 7.42. The maximum absolute atomic E-state index is 10.8. The highest BCUT2D eigenvalue weighted by Gasteiger charge is 2.27. The van der Waals surface area contributed by atoms with Crippen LogP contribution in [0.25, 0.3) is 0 Å². The largest absolute Gasteiger partial charge is 0.480 e. The zero-order valence-corrected chi connectivity index (χ0v) is 10.4. The van der Waals surface area contributed by atoms with Crippen molar-refractivity contribution in [1.29, 1.82) is 0 Å². The van der Waals surface area contributed by atoms with E-state index in [2.05, 4.69) is 11.8 Å². The van der Waals surface area contributed by atoms with E-state index >= 15 is 0 Å². The molecule has 0 aliphatic carbocycles. The van der Waals surface area contributed by atoms with Gasteiger partial charge in [0.2, 0.25) is 0 Å². The van der Waals surface area contributed by atoms with E-state index in [0.29, 0.717) is 6.42 Å². The van der Waals surface area contributed by atoms with E-state index < -0.39 is 11.5 Å². The average molecular weight is 228 g/mol. The average Bonchev–Trinajstić information content (AvgIpc) is 2.17. The zero-order chi connectivity index (χ0) is 12.2. The monoisotopic (exact) mass is 228 g/mol. The maximum atomic E-state index is 10.8. The summed E-state index contributed by atoms with van der Waals surface area (Å²) in [4.78, 5) is 13.2. The molecule has 1 fully saturated rings. The number of nitrogens with two attached hydrogens (primary N) is 1. The maximum Gasteiger partial charge on any atom is 0.323 e. The standard InChI is InChI=1S/C12H24N2O2/c1-10-5-3-7-14(9-10)8-4-6-12(2,13)11(15)16/h10H,3-9,13H2,1-2H3,(H,15,16). The quantitative estimate of drug-likeness (QED) is 0.744. The summed E-state index contributed by atoms with van der Waals surface area (Å²) >= 11 is 0. The Morgan fingerprint density at radius 2 is 2.31 bits per heavy atom. The van der Waals surface area contributed by atoms with Gasteiger partial charge in [0.15, 0.2) is 0 Å². The van der Waals surface area contributed by atoms with Gasteiger partial charge in [0.25, 0.3) is 0 Å². The molecule has 1 heterocycles. The molecule has 94 valence electrons. The molecular weight excluding hydrogens is 204 g/mol. The number of likely N-dealkylation sites (tertiary alicyclic amines) is 1. The van der Waals surface area contributed by atoms with Crippen LogP contribution in [0.4, 0.5) is 0 Å². The predicted molar refractivity (Wildman–Crippen MR) is 64.3 cm³/mol. The molecule has 2 unspecified atom stereocenters. The van der Waals surface area contributed by atoms with E-state index in [1.807, 2.05) is 0 Å². The number of carbonyl (C=O) groups is 1. The first kappa shape index (κ1) is 13.5. The second-order valence-corrected chi connectivity index (χ2v) is 5.37. The van der Waals surface area contributed by atoms with Crippen molar-refractivity contribution in [3.8, 4) is 0 Å².